The average molecular weight is 437 g/mol. The number of carbonyl (C=O) groups is 1. The fourth-order valence-corrected chi connectivity index (χ4v) is 5.35. The number of aryl methyl sites for hydroxylation is 1. The number of amides is 1. The van der Waals surface area contributed by atoms with E-state index in [1.165, 1.54) is 23.5 Å². The summed E-state index contributed by atoms with van der Waals surface area (Å²) in [6, 6.07) is 11.3. The Bertz CT molecular complexity index is 977. The van der Waals surface area contributed by atoms with Crippen molar-refractivity contribution < 1.29 is 17.9 Å². The molecule has 1 amide bonds. The number of piperidine rings is 1. The smallest absolute Gasteiger partial charge is 0.243 e. The standard InChI is InChI=1S/C21H25ClN2O4S/c1-15-6-7-16(13-20(15)22)23-21(25)14-17-5-3-4-12-24(17)29(26,27)19-10-8-18(28-2)9-11-19/h6-11,13,17H,3-5,12,14H2,1-2H3,(H,23,25). The predicted octanol–water partition coefficient (Wildman–Crippen LogP) is 4.23. The fraction of sp³-hybridized carbons (Fsp3) is 0.381. The summed E-state index contributed by atoms with van der Waals surface area (Å²) in [7, 11) is -2.16. The van der Waals surface area contributed by atoms with Crippen molar-refractivity contribution in [1.82, 2.24) is 4.31 Å². The van der Waals surface area contributed by atoms with Gasteiger partial charge in [0.1, 0.15) is 5.75 Å². The van der Waals surface area contributed by atoms with Crippen molar-refractivity contribution in [2.45, 2.75) is 43.5 Å². The minimum Gasteiger partial charge on any atom is -0.497 e. The molecule has 0 bridgehead atoms. The summed E-state index contributed by atoms with van der Waals surface area (Å²) in [5.41, 5.74) is 1.53. The van der Waals surface area contributed by atoms with Crippen LogP contribution in [0.2, 0.25) is 5.02 Å². The molecule has 0 aliphatic carbocycles. The summed E-state index contributed by atoms with van der Waals surface area (Å²) in [6.07, 6.45) is 2.42. The van der Waals surface area contributed by atoms with Gasteiger partial charge in [-0.3, -0.25) is 4.79 Å². The summed E-state index contributed by atoms with van der Waals surface area (Å²) >= 11 is 6.11. The summed E-state index contributed by atoms with van der Waals surface area (Å²) in [5, 5.41) is 3.40. The van der Waals surface area contributed by atoms with Gasteiger partial charge in [-0.25, -0.2) is 8.42 Å². The first-order valence-electron chi connectivity index (χ1n) is 9.53. The highest BCUT2D eigenvalue weighted by molar-refractivity contribution is 7.89. The molecule has 1 fully saturated rings. The van der Waals surface area contributed by atoms with E-state index in [1.807, 2.05) is 13.0 Å². The predicted molar refractivity (Wildman–Crippen MR) is 114 cm³/mol. The van der Waals surface area contributed by atoms with E-state index in [0.717, 1.165) is 18.4 Å². The van der Waals surface area contributed by atoms with Gasteiger partial charge in [0.2, 0.25) is 15.9 Å². The quantitative estimate of drug-likeness (QED) is 0.735. The lowest BCUT2D eigenvalue weighted by Gasteiger charge is -2.34. The lowest BCUT2D eigenvalue weighted by molar-refractivity contribution is -0.117. The molecule has 0 spiro atoms. The second-order valence-electron chi connectivity index (χ2n) is 7.16. The van der Waals surface area contributed by atoms with Gasteiger partial charge in [-0.1, -0.05) is 24.1 Å². The Morgan fingerprint density at radius 3 is 2.59 bits per heavy atom. The number of nitrogens with zero attached hydrogens (tertiary/aromatic N) is 1. The van der Waals surface area contributed by atoms with Crippen LogP contribution in [0.15, 0.2) is 47.4 Å². The monoisotopic (exact) mass is 436 g/mol. The van der Waals surface area contributed by atoms with E-state index >= 15 is 0 Å². The lowest BCUT2D eigenvalue weighted by atomic mass is 10.0. The van der Waals surface area contributed by atoms with Crippen LogP contribution in [0.3, 0.4) is 0 Å². The van der Waals surface area contributed by atoms with Crippen LogP contribution < -0.4 is 10.1 Å². The largest absolute Gasteiger partial charge is 0.497 e. The van der Waals surface area contributed by atoms with Crippen molar-refractivity contribution in [2.24, 2.45) is 0 Å². The van der Waals surface area contributed by atoms with Crippen LogP contribution in [0.25, 0.3) is 0 Å². The van der Waals surface area contributed by atoms with E-state index in [-0.39, 0.29) is 23.3 Å². The number of nitrogens with one attached hydrogen (secondary N) is 1. The van der Waals surface area contributed by atoms with Gasteiger partial charge in [0, 0.05) is 29.7 Å². The Hall–Kier alpha value is -2.09. The summed E-state index contributed by atoms with van der Waals surface area (Å²) in [6.45, 7) is 2.29. The molecule has 0 saturated carbocycles. The molecule has 1 unspecified atom stereocenters. The van der Waals surface area contributed by atoms with Gasteiger partial charge in [-0.2, -0.15) is 4.31 Å². The molecule has 8 heteroatoms. The molecular formula is C21H25ClN2O4S. The van der Waals surface area contributed by atoms with Crippen LogP contribution >= 0.6 is 11.6 Å². The molecule has 0 aromatic heterocycles. The van der Waals surface area contributed by atoms with Gasteiger partial charge >= 0.3 is 0 Å². The number of halogens is 1. The van der Waals surface area contributed by atoms with E-state index in [4.69, 9.17) is 16.3 Å². The minimum absolute atomic E-state index is 0.0981. The Balaban J connectivity index is 1.74. The summed E-state index contributed by atoms with van der Waals surface area (Å²) in [4.78, 5) is 12.8. The van der Waals surface area contributed by atoms with Crippen LogP contribution in [-0.2, 0) is 14.8 Å². The van der Waals surface area contributed by atoms with Gasteiger partial charge in [0.15, 0.2) is 0 Å². The fourth-order valence-electron chi connectivity index (χ4n) is 3.47. The highest BCUT2D eigenvalue weighted by atomic mass is 35.5. The maximum absolute atomic E-state index is 13.2. The van der Waals surface area contributed by atoms with E-state index in [0.29, 0.717) is 29.4 Å². The maximum Gasteiger partial charge on any atom is 0.243 e. The third-order valence-electron chi connectivity index (χ3n) is 5.12. The highest BCUT2D eigenvalue weighted by Gasteiger charge is 2.34. The number of rotatable bonds is 6. The Morgan fingerprint density at radius 1 is 1.21 bits per heavy atom. The molecule has 156 valence electrons. The number of anilines is 1. The number of carbonyl (C=O) groups excluding carboxylic acids is 1. The molecule has 1 aliphatic heterocycles. The van der Waals surface area contributed by atoms with Crippen LogP contribution in [0.4, 0.5) is 5.69 Å². The van der Waals surface area contributed by atoms with Gasteiger partial charge in [-0.15, -0.1) is 0 Å². The van der Waals surface area contributed by atoms with Crippen LogP contribution in [0.1, 0.15) is 31.2 Å². The Morgan fingerprint density at radius 2 is 1.93 bits per heavy atom. The van der Waals surface area contributed by atoms with Gasteiger partial charge in [-0.05, 0) is 61.7 Å². The summed E-state index contributed by atoms with van der Waals surface area (Å²) in [5.74, 6) is 0.363. The molecule has 2 aromatic carbocycles. The van der Waals surface area contributed by atoms with E-state index in [9.17, 15) is 13.2 Å². The van der Waals surface area contributed by atoms with Crippen molar-refractivity contribution >= 4 is 33.2 Å². The SMILES string of the molecule is COc1ccc(S(=O)(=O)N2CCCCC2CC(=O)Nc2ccc(C)c(Cl)c2)cc1. The van der Waals surface area contributed by atoms with Crippen molar-refractivity contribution in [3.05, 3.63) is 53.1 Å². The van der Waals surface area contributed by atoms with Gasteiger partial charge in [0.05, 0.1) is 12.0 Å². The average Bonchev–Trinajstić information content (AvgIpc) is 2.71. The summed E-state index contributed by atoms with van der Waals surface area (Å²) < 4.78 is 32.9. The molecule has 1 atom stereocenters. The molecule has 29 heavy (non-hydrogen) atoms. The molecule has 1 saturated heterocycles. The van der Waals surface area contributed by atoms with Gasteiger partial charge < -0.3 is 10.1 Å². The van der Waals surface area contributed by atoms with Crippen LogP contribution in [0.5, 0.6) is 5.75 Å². The number of hydrogen-bond acceptors (Lipinski definition) is 4. The number of methoxy groups -OCH3 is 1. The lowest BCUT2D eigenvalue weighted by Crippen LogP contribution is -2.45. The number of sulfonamides is 1. The van der Waals surface area contributed by atoms with Crippen molar-refractivity contribution in [1.29, 1.82) is 0 Å². The second-order valence-corrected chi connectivity index (χ2v) is 9.45. The maximum atomic E-state index is 13.2. The topological polar surface area (TPSA) is 75.7 Å². The van der Waals surface area contributed by atoms with Crippen molar-refractivity contribution in [3.63, 3.8) is 0 Å². The zero-order valence-electron chi connectivity index (χ0n) is 16.5. The van der Waals surface area contributed by atoms with Crippen LogP contribution in [-0.4, -0.2) is 38.3 Å². The minimum atomic E-state index is -3.69. The molecule has 3 rings (SSSR count). The van der Waals surface area contributed by atoms with E-state index in [2.05, 4.69) is 5.32 Å². The van der Waals surface area contributed by atoms with E-state index in [1.54, 1.807) is 24.3 Å². The van der Waals surface area contributed by atoms with Crippen molar-refractivity contribution in [3.8, 4) is 5.75 Å². The first-order valence-corrected chi connectivity index (χ1v) is 11.3. The number of ether oxygens (including phenoxy) is 1. The molecule has 1 N–H and O–H groups in total. The van der Waals surface area contributed by atoms with Crippen molar-refractivity contribution in [2.75, 3.05) is 19.0 Å². The Labute approximate surface area is 176 Å². The Kier molecular flexibility index (Phi) is 6.82. The van der Waals surface area contributed by atoms with Crippen LogP contribution in [0, 0.1) is 6.92 Å². The number of hydrogen-bond donors (Lipinski definition) is 1. The van der Waals surface area contributed by atoms with E-state index < -0.39 is 10.0 Å². The second kappa shape index (κ2) is 9.15. The molecule has 1 aliphatic rings. The normalized spacial score (nSPS) is 17.7. The zero-order chi connectivity index (χ0) is 21.0. The first kappa shape index (κ1) is 21.6. The third kappa shape index (κ3) is 5.10. The molecular weight excluding hydrogens is 412 g/mol. The third-order valence-corrected chi connectivity index (χ3v) is 7.49. The molecule has 1 heterocycles. The molecule has 2 aromatic rings. The molecule has 0 radical (unpaired) electrons. The molecule has 6 nitrogen and oxygen atoms in total. The first-order chi connectivity index (χ1) is 13.8. The number of benzene rings is 2. The zero-order valence-corrected chi connectivity index (χ0v) is 18.1. The van der Waals surface area contributed by atoms with Gasteiger partial charge in [0.25, 0.3) is 0 Å². The highest BCUT2D eigenvalue weighted by Crippen LogP contribution is 2.28.